The molecule has 0 fully saturated rings. The van der Waals surface area contributed by atoms with E-state index in [-0.39, 0.29) is 5.91 Å². The van der Waals surface area contributed by atoms with E-state index in [1.165, 1.54) is 16.7 Å². The van der Waals surface area contributed by atoms with Crippen molar-refractivity contribution in [3.8, 4) is 5.75 Å². The molecule has 0 spiro atoms. The Morgan fingerprint density at radius 1 is 1.18 bits per heavy atom. The third-order valence-corrected chi connectivity index (χ3v) is 4.13. The average Bonchev–Trinajstić information content (AvgIpc) is 2.72. The summed E-state index contributed by atoms with van der Waals surface area (Å²) in [7, 11) is 0. The Kier molecular flexibility index (Phi) is 3.41. The maximum Gasteiger partial charge on any atom is 0.262 e. The fourth-order valence-electron chi connectivity index (χ4n) is 2.56. The number of rotatable bonds is 1. The van der Waals surface area contributed by atoms with E-state index in [4.69, 9.17) is 11.6 Å². The molecule has 0 saturated carbocycles. The molecular formula is C17H13ClFNO2. The normalized spacial score (nSPS) is 11.1. The minimum atomic E-state index is -0.754. The Morgan fingerprint density at radius 3 is 2.45 bits per heavy atom. The molecule has 3 aromatic rings. The van der Waals surface area contributed by atoms with Gasteiger partial charge in [0.2, 0.25) is 0 Å². The Bertz CT molecular complexity index is 897. The molecule has 1 aromatic heterocycles. The van der Waals surface area contributed by atoms with Gasteiger partial charge in [0.1, 0.15) is 0 Å². The molecule has 0 unspecified atom stereocenters. The number of benzene rings is 2. The summed E-state index contributed by atoms with van der Waals surface area (Å²) in [5.41, 5.74) is 2.43. The molecule has 1 heterocycles. The van der Waals surface area contributed by atoms with Gasteiger partial charge >= 0.3 is 0 Å². The highest BCUT2D eigenvalue weighted by Gasteiger charge is 2.19. The van der Waals surface area contributed by atoms with Crippen LogP contribution in [0.2, 0.25) is 5.02 Å². The number of carbonyl (C=O) groups excluding carboxylic acids is 1. The van der Waals surface area contributed by atoms with Crippen molar-refractivity contribution < 1.29 is 14.3 Å². The monoisotopic (exact) mass is 317 g/mol. The number of carbonyl (C=O) groups is 1. The van der Waals surface area contributed by atoms with Gasteiger partial charge in [0, 0.05) is 27.7 Å². The van der Waals surface area contributed by atoms with Gasteiger partial charge < -0.3 is 5.11 Å². The molecule has 0 saturated heterocycles. The smallest absolute Gasteiger partial charge is 0.262 e. The van der Waals surface area contributed by atoms with Gasteiger partial charge in [-0.15, -0.1) is 0 Å². The van der Waals surface area contributed by atoms with Crippen molar-refractivity contribution in [2.75, 3.05) is 0 Å². The van der Waals surface area contributed by atoms with Gasteiger partial charge in [0.05, 0.1) is 5.52 Å². The summed E-state index contributed by atoms with van der Waals surface area (Å²) in [6, 6.07) is 9.05. The quantitative estimate of drug-likeness (QED) is 0.720. The minimum absolute atomic E-state index is 0.266. The maximum atomic E-state index is 13.7. The lowest BCUT2D eigenvalue weighted by atomic mass is 10.1. The van der Waals surface area contributed by atoms with Gasteiger partial charge in [-0.2, -0.15) is 0 Å². The molecule has 22 heavy (non-hydrogen) atoms. The van der Waals surface area contributed by atoms with E-state index in [9.17, 15) is 14.3 Å². The molecule has 112 valence electrons. The molecule has 3 nitrogen and oxygen atoms in total. The van der Waals surface area contributed by atoms with Gasteiger partial charge in [-0.05, 0) is 49.7 Å². The van der Waals surface area contributed by atoms with Crippen molar-refractivity contribution in [3.63, 3.8) is 0 Å². The second-order valence-electron chi connectivity index (χ2n) is 5.18. The van der Waals surface area contributed by atoms with Gasteiger partial charge in [-0.25, -0.2) is 4.39 Å². The Balaban J connectivity index is 2.26. The van der Waals surface area contributed by atoms with Gasteiger partial charge in [0.15, 0.2) is 11.6 Å². The summed E-state index contributed by atoms with van der Waals surface area (Å²) >= 11 is 5.84. The molecule has 2 aromatic carbocycles. The highest BCUT2D eigenvalue weighted by atomic mass is 35.5. The predicted octanol–water partition coefficient (Wildman–Crippen LogP) is 4.44. The standard InChI is InChI=1S/C17H13ClFNO2/c1-9-10(2)20(15-8-14(19)16(21)7-13(9)15)17(22)11-3-5-12(18)6-4-11/h3-8,21H,1-2H3. The average molecular weight is 318 g/mol. The number of aromatic nitrogens is 1. The number of nitrogens with zero attached hydrogens (tertiary/aromatic N) is 1. The number of phenolic OH excluding ortho intramolecular Hbond substituents is 1. The van der Waals surface area contributed by atoms with Gasteiger partial charge in [-0.3, -0.25) is 9.36 Å². The maximum absolute atomic E-state index is 13.7. The summed E-state index contributed by atoms with van der Waals surface area (Å²) in [6.07, 6.45) is 0. The zero-order valence-corrected chi connectivity index (χ0v) is 12.8. The number of aryl methyl sites for hydroxylation is 1. The van der Waals surface area contributed by atoms with E-state index in [1.807, 2.05) is 6.92 Å². The van der Waals surface area contributed by atoms with E-state index in [0.717, 1.165) is 5.56 Å². The van der Waals surface area contributed by atoms with E-state index in [0.29, 0.717) is 27.2 Å². The number of halogens is 2. The Labute approximate surface area is 131 Å². The SMILES string of the molecule is Cc1c(C)n(C(=O)c2ccc(Cl)cc2)c2cc(F)c(O)cc12. The molecule has 0 amide bonds. The molecule has 0 radical (unpaired) electrons. The topological polar surface area (TPSA) is 42.2 Å². The second-order valence-corrected chi connectivity index (χ2v) is 5.62. The fraction of sp³-hybridized carbons (Fsp3) is 0.118. The zero-order chi connectivity index (χ0) is 16.0. The molecule has 5 heteroatoms. The summed E-state index contributed by atoms with van der Waals surface area (Å²) in [5.74, 6) is -1.45. The summed E-state index contributed by atoms with van der Waals surface area (Å²) in [6.45, 7) is 3.62. The number of hydrogen-bond donors (Lipinski definition) is 1. The molecule has 0 aliphatic carbocycles. The molecule has 0 aliphatic rings. The van der Waals surface area contributed by atoms with E-state index >= 15 is 0 Å². The van der Waals surface area contributed by atoms with Crippen LogP contribution in [0.15, 0.2) is 36.4 Å². The molecule has 0 atom stereocenters. The van der Waals surface area contributed by atoms with Crippen molar-refractivity contribution in [2.24, 2.45) is 0 Å². The number of hydrogen-bond acceptors (Lipinski definition) is 2. The first-order valence-corrected chi connectivity index (χ1v) is 7.08. The van der Waals surface area contributed by atoms with Crippen molar-refractivity contribution in [3.05, 3.63) is 64.1 Å². The zero-order valence-electron chi connectivity index (χ0n) is 12.0. The lowest BCUT2D eigenvalue weighted by Gasteiger charge is -2.07. The van der Waals surface area contributed by atoms with Crippen molar-refractivity contribution in [1.82, 2.24) is 4.57 Å². The lowest BCUT2D eigenvalue weighted by Crippen LogP contribution is -2.13. The van der Waals surface area contributed by atoms with Crippen LogP contribution in [0, 0.1) is 19.7 Å². The molecule has 0 aliphatic heterocycles. The molecule has 3 rings (SSSR count). The van der Waals surface area contributed by atoms with Crippen molar-refractivity contribution in [2.45, 2.75) is 13.8 Å². The largest absolute Gasteiger partial charge is 0.505 e. The highest BCUT2D eigenvalue weighted by Crippen LogP contribution is 2.31. The molecular weight excluding hydrogens is 305 g/mol. The first-order chi connectivity index (χ1) is 10.4. The van der Waals surface area contributed by atoms with E-state index < -0.39 is 11.6 Å². The third-order valence-electron chi connectivity index (χ3n) is 3.88. The first-order valence-electron chi connectivity index (χ1n) is 6.70. The van der Waals surface area contributed by atoms with Crippen LogP contribution in [0.4, 0.5) is 4.39 Å². The third kappa shape index (κ3) is 2.16. The fourth-order valence-corrected chi connectivity index (χ4v) is 2.69. The van der Waals surface area contributed by atoms with Crippen molar-refractivity contribution >= 4 is 28.4 Å². The Morgan fingerprint density at radius 2 is 1.82 bits per heavy atom. The number of phenols is 1. The van der Waals surface area contributed by atoms with Crippen LogP contribution < -0.4 is 0 Å². The summed E-state index contributed by atoms with van der Waals surface area (Å²) < 4.78 is 15.2. The van der Waals surface area contributed by atoms with Crippen LogP contribution in [0.25, 0.3) is 10.9 Å². The highest BCUT2D eigenvalue weighted by molar-refractivity contribution is 6.30. The van der Waals surface area contributed by atoms with Crippen LogP contribution >= 0.6 is 11.6 Å². The Hall–Kier alpha value is -2.33. The molecule has 1 N–H and O–H groups in total. The van der Waals surface area contributed by atoms with Crippen molar-refractivity contribution in [1.29, 1.82) is 0 Å². The van der Waals surface area contributed by atoms with E-state index in [1.54, 1.807) is 31.2 Å². The second kappa shape index (κ2) is 5.14. The van der Waals surface area contributed by atoms with Crippen LogP contribution in [-0.4, -0.2) is 15.6 Å². The van der Waals surface area contributed by atoms with Gasteiger partial charge in [-0.1, -0.05) is 11.6 Å². The van der Waals surface area contributed by atoms with Crippen LogP contribution in [0.1, 0.15) is 21.6 Å². The molecule has 0 bridgehead atoms. The van der Waals surface area contributed by atoms with E-state index in [2.05, 4.69) is 0 Å². The van der Waals surface area contributed by atoms with Gasteiger partial charge in [0.25, 0.3) is 5.91 Å². The predicted molar refractivity (Wildman–Crippen MR) is 84.2 cm³/mol. The summed E-state index contributed by atoms with van der Waals surface area (Å²) in [5, 5.41) is 10.7. The minimum Gasteiger partial charge on any atom is -0.505 e. The van der Waals surface area contributed by atoms with Crippen LogP contribution in [-0.2, 0) is 0 Å². The van der Waals surface area contributed by atoms with Crippen LogP contribution in [0.3, 0.4) is 0 Å². The lowest BCUT2D eigenvalue weighted by molar-refractivity contribution is 0.0963. The number of fused-ring (bicyclic) bond motifs is 1. The summed E-state index contributed by atoms with van der Waals surface area (Å²) in [4.78, 5) is 12.7. The first kappa shape index (κ1) is 14.6. The van der Waals surface area contributed by atoms with Crippen LogP contribution in [0.5, 0.6) is 5.75 Å². The number of aromatic hydroxyl groups is 1.